The van der Waals surface area contributed by atoms with Crippen LogP contribution >= 0.6 is 11.6 Å². The van der Waals surface area contributed by atoms with Gasteiger partial charge in [-0.3, -0.25) is 4.79 Å². The van der Waals surface area contributed by atoms with Gasteiger partial charge in [0, 0.05) is 16.2 Å². The highest BCUT2D eigenvalue weighted by Crippen LogP contribution is 2.50. The van der Waals surface area contributed by atoms with Gasteiger partial charge in [0.25, 0.3) is 0 Å². The molecule has 0 saturated heterocycles. The van der Waals surface area contributed by atoms with E-state index < -0.39 is 27.9 Å². The predicted molar refractivity (Wildman–Crippen MR) is 122 cm³/mol. The van der Waals surface area contributed by atoms with Crippen LogP contribution in [0.15, 0.2) is 88.8 Å². The molecule has 4 rings (SSSR count). The normalized spacial score (nSPS) is 19.4. The molecule has 7 heteroatoms. The second-order valence-corrected chi connectivity index (χ2v) is 10.1. The Hall–Kier alpha value is -2.80. The minimum absolute atomic E-state index is 0.0725. The van der Waals surface area contributed by atoms with Crippen molar-refractivity contribution in [3.63, 3.8) is 0 Å². The number of hydrogen-bond acceptors (Lipinski definition) is 3. The SMILES string of the molecule is CC1=C(C=O)[C@@H](c2ccccc2F)N(S(=O)(=O)c2ccc(C)cc2)[C@H]1c1ccc(Cl)cc1. The summed E-state index contributed by atoms with van der Waals surface area (Å²) in [6.07, 6.45) is 0.625. The van der Waals surface area contributed by atoms with E-state index in [9.17, 15) is 17.6 Å². The zero-order valence-corrected chi connectivity index (χ0v) is 19.1. The summed E-state index contributed by atoms with van der Waals surface area (Å²) in [5.41, 5.74) is 2.45. The monoisotopic (exact) mass is 469 g/mol. The van der Waals surface area contributed by atoms with E-state index in [0.29, 0.717) is 22.4 Å². The lowest BCUT2D eigenvalue weighted by molar-refractivity contribution is -0.105. The van der Waals surface area contributed by atoms with Crippen molar-refractivity contribution in [1.29, 1.82) is 0 Å². The van der Waals surface area contributed by atoms with Gasteiger partial charge in [-0.05, 0) is 55.3 Å². The van der Waals surface area contributed by atoms with Gasteiger partial charge in [0.05, 0.1) is 17.0 Å². The van der Waals surface area contributed by atoms with Crippen molar-refractivity contribution in [2.45, 2.75) is 30.8 Å². The number of hydrogen-bond donors (Lipinski definition) is 0. The Balaban J connectivity index is 1.99. The first-order chi connectivity index (χ1) is 15.3. The lowest BCUT2D eigenvalue weighted by atomic mass is 9.97. The van der Waals surface area contributed by atoms with Gasteiger partial charge < -0.3 is 0 Å². The first kappa shape index (κ1) is 22.4. The topological polar surface area (TPSA) is 54.5 Å². The molecule has 0 N–H and O–H groups in total. The zero-order chi connectivity index (χ0) is 23.0. The molecular formula is C25H21ClFNO3S. The predicted octanol–water partition coefficient (Wildman–Crippen LogP) is 5.79. The summed E-state index contributed by atoms with van der Waals surface area (Å²) in [4.78, 5) is 12.2. The maximum absolute atomic E-state index is 14.9. The van der Waals surface area contributed by atoms with Crippen molar-refractivity contribution in [1.82, 2.24) is 4.31 Å². The van der Waals surface area contributed by atoms with E-state index in [1.807, 2.05) is 6.92 Å². The van der Waals surface area contributed by atoms with Crippen LogP contribution in [0.25, 0.3) is 0 Å². The Kier molecular flexibility index (Phi) is 6.03. The van der Waals surface area contributed by atoms with Crippen LogP contribution in [-0.2, 0) is 14.8 Å². The largest absolute Gasteiger partial charge is 0.298 e. The van der Waals surface area contributed by atoms with Crippen molar-refractivity contribution < 1.29 is 17.6 Å². The maximum atomic E-state index is 14.9. The molecule has 32 heavy (non-hydrogen) atoms. The third-order valence-corrected chi connectivity index (χ3v) is 7.87. The van der Waals surface area contributed by atoms with Crippen LogP contribution in [0.1, 0.15) is 35.7 Å². The first-order valence-electron chi connectivity index (χ1n) is 10.0. The summed E-state index contributed by atoms with van der Waals surface area (Å²) in [5.74, 6) is -0.578. The van der Waals surface area contributed by atoms with E-state index in [-0.39, 0.29) is 16.0 Å². The van der Waals surface area contributed by atoms with Crippen molar-refractivity contribution in [2.24, 2.45) is 0 Å². The smallest absolute Gasteiger partial charge is 0.244 e. The number of sulfonamides is 1. The number of carbonyl (C=O) groups excluding carboxylic acids is 1. The lowest BCUT2D eigenvalue weighted by Gasteiger charge is -2.31. The average Bonchev–Trinajstić information content (AvgIpc) is 3.07. The van der Waals surface area contributed by atoms with Crippen LogP contribution in [0.3, 0.4) is 0 Å². The van der Waals surface area contributed by atoms with Crippen LogP contribution < -0.4 is 0 Å². The van der Waals surface area contributed by atoms with Crippen LogP contribution in [0.2, 0.25) is 5.02 Å². The third-order valence-electron chi connectivity index (χ3n) is 5.78. The second kappa shape index (κ2) is 8.62. The molecular weight excluding hydrogens is 449 g/mol. The van der Waals surface area contributed by atoms with Gasteiger partial charge in [0.2, 0.25) is 10.0 Å². The van der Waals surface area contributed by atoms with Gasteiger partial charge in [-0.25, -0.2) is 12.8 Å². The summed E-state index contributed by atoms with van der Waals surface area (Å²) >= 11 is 6.04. The summed E-state index contributed by atoms with van der Waals surface area (Å²) in [6.45, 7) is 3.57. The molecule has 0 radical (unpaired) electrons. The minimum atomic E-state index is -4.12. The van der Waals surface area contributed by atoms with E-state index >= 15 is 0 Å². The van der Waals surface area contributed by atoms with E-state index in [1.54, 1.807) is 49.4 Å². The van der Waals surface area contributed by atoms with Gasteiger partial charge in [0.1, 0.15) is 12.1 Å². The van der Waals surface area contributed by atoms with Crippen molar-refractivity contribution >= 4 is 27.9 Å². The highest BCUT2D eigenvalue weighted by atomic mass is 35.5. The molecule has 0 bridgehead atoms. The molecule has 0 aromatic heterocycles. The standard InChI is InChI=1S/C25H21ClFNO3S/c1-16-7-13-20(14-8-16)32(30,31)28-24(18-9-11-19(26)12-10-18)17(2)22(15-29)25(28)21-5-3-4-6-23(21)27/h3-15,24-25H,1-2H3/t24-,25-/m1/s1. The molecule has 3 aromatic carbocycles. The summed E-state index contributed by atoms with van der Waals surface area (Å²) in [6, 6.07) is 17.3. The molecule has 1 heterocycles. The Morgan fingerprint density at radius 2 is 1.53 bits per heavy atom. The van der Waals surface area contributed by atoms with Crippen LogP contribution in [0, 0.1) is 12.7 Å². The molecule has 0 spiro atoms. The number of nitrogens with zero attached hydrogens (tertiary/aromatic N) is 1. The second-order valence-electron chi connectivity index (χ2n) is 7.78. The number of aryl methyl sites for hydroxylation is 1. The van der Waals surface area contributed by atoms with Crippen LogP contribution in [0.5, 0.6) is 0 Å². The average molecular weight is 470 g/mol. The minimum Gasteiger partial charge on any atom is -0.298 e. The van der Waals surface area contributed by atoms with Crippen molar-refractivity contribution in [2.75, 3.05) is 0 Å². The number of benzene rings is 3. The summed E-state index contributed by atoms with van der Waals surface area (Å²) < 4.78 is 44.0. The molecule has 0 aliphatic carbocycles. The molecule has 0 fully saturated rings. The van der Waals surface area contributed by atoms with Crippen molar-refractivity contribution in [3.05, 3.63) is 111 Å². The molecule has 1 aliphatic rings. The molecule has 164 valence electrons. The fraction of sp³-hybridized carbons (Fsp3) is 0.160. The van der Waals surface area contributed by atoms with Gasteiger partial charge in [-0.15, -0.1) is 0 Å². The number of aldehydes is 1. The highest BCUT2D eigenvalue weighted by molar-refractivity contribution is 7.89. The summed E-state index contributed by atoms with van der Waals surface area (Å²) in [5, 5.41) is 0.502. The maximum Gasteiger partial charge on any atom is 0.244 e. The van der Waals surface area contributed by atoms with Crippen LogP contribution in [-0.4, -0.2) is 19.0 Å². The molecule has 1 aliphatic heterocycles. The quantitative estimate of drug-likeness (QED) is 0.444. The number of rotatable bonds is 5. The van der Waals surface area contributed by atoms with Gasteiger partial charge in [-0.2, -0.15) is 4.31 Å². The van der Waals surface area contributed by atoms with E-state index in [4.69, 9.17) is 11.6 Å². The van der Waals surface area contributed by atoms with Gasteiger partial charge in [0.15, 0.2) is 0 Å². The molecule has 4 nitrogen and oxygen atoms in total. The number of carbonyl (C=O) groups is 1. The van der Waals surface area contributed by atoms with Crippen molar-refractivity contribution in [3.8, 4) is 0 Å². The van der Waals surface area contributed by atoms with E-state index in [2.05, 4.69) is 0 Å². The Bertz CT molecular complexity index is 1300. The molecule has 0 amide bonds. The highest BCUT2D eigenvalue weighted by Gasteiger charge is 2.48. The van der Waals surface area contributed by atoms with Gasteiger partial charge in [-0.1, -0.05) is 59.6 Å². The van der Waals surface area contributed by atoms with E-state index in [1.165, 1.54) is 34.6 Å². The van der Waals surface area contributed by atoms with Gasteiger partial charge >= 0.3 is 0 Å². The Labute approximate surface area is 192 Å². The fourth-order valence-electron chi connectivity index (χ4n) is 4.16. The molecule has 0 saturated carbocycles. The number of halogens is 2. The van der Waals surface area contributed by atoms with Crippen LogP contribution in [0.4, 0.5) is 4.39 Å². The third kappa shape index (κ3) is 3.79. The Morgan fingerprint density at radius 1 is 0.906 bits per heavy atom. The molecule has 3 aromatic rings. The van der Waals surface area contributed by atoms with E-state index in [0.717, 1.165) is 5.56 Å². The summed E-state index contributed by atoms with van der Waals surface area (Å²) in [7, 11) is -4.12. The zero-order valence-electron chi connectivity index (χ0n) is 17.5. The Morgan fingerprint density at radius 3 is 2.12 bits per heavy atom. The molecule has 2 atom stereocenters. The molecule has 0 unspecified atom stereocenters. The lowest BCUT2D eigenvalue weighted by Crippen LogP contribution is -2.35. The first-order valence-corrected chi connectivity index (χ1v) is 11.8. The fourth-order valence-corrected chi connectivity index (χ4v) is 6.07.